The second kappa shape index (κ2) is 10.2. The first-order chi connectivity index (χ1) is 14.4. The van der Waals surface area contributed by atoms with Gasteiger partial charge in [-0.1, -0.05) is 25.1 Å². The highest BCUT2D eigenvalue weighted by Gasteiger charge is 2.28. The highest BCUT2D eigenvalue weighted by Crippen LogP contribution is 2.35. The first kappa shape index (κ1) is 24.8. The summed E-state index contributed by atoms with van der Waals surface area (Å²) in [7, 11) is 0. The summed E-state index contributed by atoms with van der Waals surface area (Å²) in [5, 5.41) is 30.7. The van der Waals surface area contributed by atoms with Gasteiger partial charge in [0.1, 0.15) is 5.75 Å². The Morgan fingerprint density at radius 3 is 2.39 bits per heavy atom. The second-order valence-electron chi connectivity index (χ2n) is 9.03. The molecule has 0 spiro atoms. The van der Waals surface area contributed by atoms with Gasteiger partial charge in [-0.25, -0.2) is 0 Å². The maximum absolute atomic E-state index is 12.8. The van der Waals surface area contributed by atoms with Gasteiger partial charge in [0, 0.05) is 5.39 Å². The van der Waals surface area contributed by atoms with Crippen LogP contribution in [0.5, 0.6) is 5.75 Å². The van der Waals surface area contributed by atoms with E-state index in [-0.39, 0.29) is 12.4 Å². The zero-order valence-corrected chi connectivity index (χ0v) is 19.1. The summed E-state index contributed by atoms with van der Waals surface area (Å²) < 4.78 is 5.87. The largest absolute Gasteiger partial charge is 0.481 e. The van der Waals surface area contributed by atoms with Gasteiger partial charge in [0.05, 0.1) is 24.0 Å². The van der Waals surface area contributed by atoms with E-state index in [0.717, 1.165) is 27.5 Å². The number of fused-ring (bicyclic) bond motifs is 1. The topological polar surface area (TPSA) is 104 Å². The van der Waals surface area contributed by atoms with E-state index in [0.29, 0.717) is 25.0 Å². The molecule has 2 rings (SSSR count). The van der Waals surface area contributed by atoms with Gasteiger partial charge >= 0.3 is 11.9 Å². The second-order valence-corrected chi connectivity index (χ2v) is 9.03. The number of benzene rings is 2. The number of carboxylic acid groups (broad SMARTS) is 1. The molecule has 0 unspecified atom stereocenters. The fourth-order valence-corrected chi connectivity index (χ4v) is 3.56. The molecular formula is C25H34O6. The predicted molar refractivity (Wildman–Crippen MR) is 120 cm³/mol. The van der Waals surface area contributed by atoms with Gasteiger partial charge in [-0.05, 0) is 81.5 Å². The monoisotopic (exact) mass is 430 g/mol. The fraction of sp³-hybridized carbons (Fsp3) is 0.520. The number of aliphatic carboxylic acids is 1. The Kier molecular flexibility index (Phi) is 8.21. The summed E-state index contributed by atoms with van der Waals surface area (Å²) in [5.74, 6) is -0.867. The fourth-order valence-electron chi connectivity index (χ4n) is 3.56. The Morgan fingerprint density at radius 2 is 1.77 bits per heavy atom. The van der Waals surface area contributed by atoms with Crippen LogP contribution in [0.3, 0.4) is 0 Å². The van der Waals surface area contributed by atoms with Crippen molar-refractivity contribution < 1.29 is 29.6 Å². The summed E-state index contributed by atoms with van der Waals surface area (Å²) in [5.41, 5.74) is 2.37. The van der Waals surface area contributed by atoms with Crippen LogP contribution in [-0.2, 0) is 16.0 Å². The molecule has 170 valence electrons. The quantitative estimate of drug-likeness (QED) is 0.383. The number of carbonyl (C=O) groups is 2. The Balaban J connectivity index is 2.35. The van der Waals surface area contributed by atoms with Crippen molar-refractivity contribution in [3.8, 4) is 5.75 Å². The van der Waals surface area contributed by atoms with Crippen molar-refractivity contribution in [1.29, 1.82) is 0 Å². The number of esters is 1. The molecule has 0 saturated carbocycles. The lowest BCUT2D eigenvalue weighted by Crippen LogP contribution is -2.28. The smallest absolute Gasteiger partial charge is 0.316 e. The molecule has 0 aliphatic heterocycles. The molecular weight excluding hydrogens is 396 g/mol. The van der Waals surface area contributed by atoms with Crippen LogP contribution < -0.4 is 4.74 Å². The van der Waals surface area contributed by atoms with E-state index >= 15 is 0 Å². The maximum atomic E-state index is 12.8. The van der Waals surface area contributed by atoms with Crippen molar-refractivity contribution in [2.45, 2.75) is 78.9 Å². The molecule has 31 heavy (non-hydrogen) atoms. The Morgan fingerprint density at radius 1 is 1.10 bits per heavy atom. The first-order valence-electron chi connectivity index (χ1n) is 10.8. The van der Waals surface area contributed by atoms with Crippen LogP contribution in [0.4, 0.5) is 0 Å². The molecule has 6 nitrogen and oxygen atoms in total. The molecule has 2 atom stereocenters. The van der Waals surface area contributed by atoms with Crippen molar-refractivity contribution >= 4 is 22.7 Å². The lowest BCUT2D eigenvalue weighted by Gasteiger charge is -2.22. The van der Waals surface area contributed by atoms with Crippen molar-refractivity contribution in [3.05, 3.63) is 41.0 Å². The van der Waals surface area contributed by atoms with Crippen LogP contribution in [0, 0.1) is 19.3 Å². The van der Waals surface area contributed by atoms with E-state index in [1.165, 1.54) is 0 Å². The molecule has 2 aromatic carbocycles. The number of aryl methyl sites for hydroxylation is 3. The average Bonchev–Trinajstić information content (AvgIpc) is 2.66. The number of hydrogen-bond donors (Lipinski definition) is 3. The number of hydrogen-bond acceptors (Lipinski definition) is 5. The van der Waals surface area contributed by atoms with E-state index in [2.05, 4.69) is 0 Å². The van der Waals surface area contributed by atoms with Gasteiger partial charge in [-0.2, -0.15) is 0 Å². The molecule has 0 aliphatic rings. The molecule has 0 heterocycles. The van der Waals surface area contributed by atoms with Crippen molar-refractivity contribution in [3.63, 3.8) is 0 Å². The lowest BCUT2D eigenvalue weighted by atomic mass is 9.90. The summed E-state index contributed by atoms with van der Waals surface area (Å²) >= 11 is 0. The van der Waals surface area contributed by atoms with E-state index in [4.69, 9.17) is 9.84 Å². The number of carboxylic acids is 1. The minimum atomic E-state index is -1.10. The lowest BCUT2D eigenvalue weighted by molar-refractivity contribution is -0.144. The molecule has 0 bridgehead atoms. The van der Waals surface area contributed by atoms with Gasteiger partial charge < -0.3 is 20.1 Å². The van der Waals surface area contributed by atoms with Gasteiger partial charge in [0.25, 0.3) is 0 Å². The molecule has 0 amide bonds. The minimum Gasteiger partial charge on any atom is -0.481 e. The summed E-state index contributed by atoms with van der Waals surface area (Å²) in [6, 6.07) is 7.90. The van der Waals surface area contributed by atoms with Crippen molar-refractivity contribution in [2.75, 3.05) is 0 Å². The molecule has 2 aromatic rings. The Hall–Kier alpha value is -2.44. The number of ether oxygens (including phenoxy) is 1. The van der Waals surface area contributed by atoms with Crippen LogP contribution in [0.2, 0.25) is 0 Å². The highest BCUT2D eigenvalue weighted by molar-refractivity contribution is 5.95. The average molecular weight is 431 g/mol. The van der Waals surface area contributed by atoms with Gasteiger partial charge in [0.15, 0.2) is 0 Å². The van der Waals surface area contributed by atoms with Crippen LogP contribution in [-0.4, -0.2) is 39.5 Å². The van der Waals surface area contributed by atoms with Crippen LogP contribution in [0.1, 0.15) is 63.1 Å². The van der Waals surface area contributed by atoms with E-state index in [1.54, 1.807) is 0 Å². The third-order valence-electron chi connectivity index (χ3n) is 5.89. The first-order valence-corrected chi connectivity index (χ1v) is 10.8. The number of aliphatic hydroxyl groups excluding tert-OH is 2. The zero-order valence-electron chi connectivity index (χ0n) is 19.1. The third-order valence-corrected chi connectivity index (χ3v) is 5.89. The van der Waals surface area contributed by atoms with E-state index in [1.807, 2.05) is 58.9 Å². The molecule has 0 radical (unpaired) electrons. The Bertz CT molecular complexity index is 947. The van der Waals surface area contributed by atoms with Gasteiger partial charge in [-0.15, -0.1) is 0 Å². The van der Waals surface area contributed by atoms with Gasteiger partial charge in [0.2, 0.25) is 0 Å². The minimum absolute atomic E-state index is 0.00174. The normalized spacial score (nSPS) is 13.8. The molecule has 0 aliphatic carbocycles. The highest BCUT2D eigenvalue weighted by atomic mass is 16.5. The number of aliphatic hydroxyl groups is 2. The Labute approximate surface area is 183 Å². The van der Waals surface area contributed by atoms with Crippen LogP contribution >= 0.6 is 0 Å². The molecule has 3 N–H and O–H groups in total. The van der Waals surface area contributed by atoms with Crippen LogP contribution in [0.25, 0.3) is 10.8 Å². The standard InChI is InChI=1S/C25H34O6/c1-6-25(4,5)24(30)31-21-12-15(2)11-17-8-7-16(3)20(23(17)21)10-9-18(26)13-19(27)14-22(28)29/h7-8,11-12,18-19,26-27H,6,9-10,13-14H2,1-5H3,(H,28,29)/t18-,19-/m1/s1. The molecule has 0 saturated heterocycles. The third kappa shape index (κ3) is 6.52. The molecule has 0 fully saturated rings. The zero-order chi connectivity index (χ0) is 23.3. The van der Waals surface area contributed by atoms with Crippen LogP contribution in [0.15, 0.2) is 24.3 Å². The van der Waals surface area contributed by atoms with Gasteiger partial charge in [-0.3, -0.25) is 9.59 Å². The van der Waals surface area contributed by atoms with E-state index < -0.39 is 30.0 Å². The number of rotatable bonds is 10. The van der Waals surface area contributed by atoms with E-state index in [9.17, 15) is 19.8 Å². The molecule has 6 heteroatoms. The predicted octanol–water partition coefficient (Wildman–Crippen LogP) is 4.32. The van der Waals surface area contributed by atoms with Crippen molar-refractivity contribution in [1.82, 2.24) is 0 Å². The SMILES string of the molecule is CCC(C)(C)C(=O)Oc1cc(C)cc2ccc(C)c(CC[C@@H](O)C[C@@H](O)CC(=O)O)c12. The van der Waals surface area contributed by atoms with Crippen molar-refractivity contribution in [2.24, 2.45) is 5.41 Å². The summed E-state index contributed by atoms with van der Waals surface area (Å²) in [4.78, 5) is 23.5. The summed E-state index contributed by atoms with van der Waals surface area (Å²) in [6.45, 7) is 9.60. The summed E-state index contributed by atoms with van der Waals surface area (Å²) in [6.07, 6.45) is -0.783. The molecule has 0 aromatic heterocycles. The maximum Gasteiger partial charge on any atom is 0.316 e. The number of carbonyl (C=O) groups excluding carboxylic acids is 1.